The van der Waals surface area contributed by atoms with Gasteiger partial charge in [0.05, 0.1) is 5.41 Å². The maximum absolute atomic E-state index is 11.2. The lowest BCUT2D eigenvalue weighted by Crippen LogP contribution is -2.40. The molecule has 1 amide bonds. The predicted molar refractivity (Wildman–Crippen MR) is 56.4 cm³/mol. The van der Waals surface area contributed by atoms with Gasteiger partial charge in [-0.25, -0.2) is 0 Å². The average Bonchev–Trinajstić information content (AvgIpc) is 2.65. The van der Waals surface area contributed by atoms with Gasteiger partial charge in [-0.05, 0) is 25.8 Å². The summed E-state index contributed by atoms with van der Waals surface area (Å²) in [6, 6.07) is 0. The topological polar surface area (TPSA) is 66.4 Å². The largest absolute Gasteiger partial charge is 0.481 e. The third kappa shape index (κ3) is 2.81. The highest BCUT2D eigenvalue weighted by atomic mass is 16.4. The average molecular weight is 211 g/mol. The molecule has 0 spiro atoms. The molecule has 15 heavy (non-hydrogen) atoms. The minimum Gasteiger partial charge on any atom is -0.481 e. The third-order valence-corrected chi connectivity index (χ3v) is 2.93. The van der Waals surface area contributed by atoms with Crippen LogP contribution in [0.1, 0.15) is 32.6 Å². The Hall–Kier alpha value is -1.32. The lowest BCUT2D eigenvalue weighted by molar-refractivity contribution is -0.148. The lowest BCUT2D eigenvalue weighted by atomic mass is 9.86. The van der Waals surface area contributed by atoms with Crippen LogP contribution in [0.5, 0.6) is 0 Å². The van der Waals surface area contributed by atoms with Gasteiger partial charge in [-0.15, -0.1) is 0 Å². The molecule has 2 N–H and O–H groups in total. The summed E-state index contributed by atoms with van der Waals surface area (Å²) >= 11 is 0. The van der Waals surface area contributed by atoms with E-state index in [4.69, 9.17) is 5.11 Å². The van der Waals surface area contributed by atoms with Gasteiger partial charge in [0.25, 0.3) is 0 Å². The second kappa shape index (κ2) is 4.96. The van der Waals surface area contributed by atoms with Crippen LogP contribution >= 0.6 is 0 Å². The van der Waals surface area contributed by atoms with Crippen LogP contribution < -0.4 is 5.32 Å². The van der Waals surface area contributed by atoms with E-state index in [1.54, 1.807) is 13.0 Å². The summed E-state index contributed by atoms with van der Waals surface area (Å²) in [4.78, 5) is 22.3. The molecule has 0 unspecified atom stereocenters. The Morgan fingerprint density at radius 1 is 1.40 bits per heavy atom. The van der Waals surface area contributed by atoms with Gasteiger partial charge in [-0.2, -0.15) is 0 Å². The monoisotopic (exact) mass is 211 g/mol. The van der Waals surface area contributed by atoms with E-state index in [2.05, 4.69) is 5.32 Å². The van der Waals surface area contributed by atoms with Crippen LogP contribution in [0, 0.1) is 5.41 Å². The molecule has 0 aliphatic heterocycles. The number of hydrogen-bond donors (Lipinski definition) is 2. The van der Waals surface area contributed by atoms with Gasteiger partial charge >= 0.3 is 5.97 Å². The van der Waals surface area contributed by atoms with Crippen molar-refractivity contribution in [1.82, 2.24) is 5.32 Å². The SMILES string of the molecule is C/C=C/C(=O)NCC1(C(=O)O)CCCC1. The fourth-order valence-electron chi connectivity index (χ4n) is 1.98. The molecule has 1 fully saturated rings. The van der Waals surface area contributed by atoms with Crippen molar-refractivity contribution in [2.45, 2.75) is 32.6 Å². The zero-order valence-corrected chi connectivity index (χ0v) is 8.95. The van der Waals surface area contributed by atoms with Crippen LogP contribution in [0.3, 0.4) is 0 Å². The zero-order chi connectivity index (χ0) is 11.3. The number of rotatable bonds is 4. The lowest BCUT2D eigenvalue weighted by Gasteiger charge is -2.23. The first-order valence-electron chi connectivity index (χ1n) is 5.25. The van der Waals surface area contributed by atoms with Gasteiger partial charge in [-0.3, -0.25) is 9.59 Å². The van der Waals surface area contributed by atoms with Gasteiger partial charge in [0.15, 0.2) is 0 Å². The van der Waals surface area contributed by atoms with Crippen molar-refractivity contribution < 1.29 is 14.7 Å². The summed E-state index contributed by atoms with van der Waals surface area (Å²) in [5.74, 6) is -1.01. The number of carboxylic acid groups (broad SMARTS) is 1. The highest BCUT2D eigenvalue weighted by Gasteiger charge is 2.41. The number of aliphatic carboxylic acids is 1. The second-order valence-corrected chi connectivity index (χ2v) is 4.01. The molecule has 1 saturated carbocycles. The van der Waals surface area contributed by atoms with Gasteiger partial charge in [0.1, 0.15) is 0 Å². The number of carboxylic acids is 1. The standard InChI is InChI=1S/C11H17NO3/c1-2-5-9(13)12-8-11(10(14)15)6-3-4-7-11/h2,5H,3-4,6-8H2,1H3,(H,12,13)(H,14,15)/b5-2+. The Balaban J connectivity index is 2.53. The highest BCUT2D eigenvalue weighted by Crippen LogP contribution is 2.37. The fraction of sp³-hybridized carbons (Fsp3) is 0.636. The number of carbonyl (C=O) groups is 2. The molecular formula is C11H17NO3. The van der Waals surface area contributed by atoms with E-state index >= 15 is 0 Å². The molecule has 0 aromatic heterocycles. The maximum atomic E-state index is 11.2. The summed E-state index contributed by atoms with van der Waals surface area (Å²) in [7, 11) is 0. The van der Waals surface area contributed by atoms with Crippen molar-refractivity contribution in [3.8, 4) is 0 Å². The fourth-order valence-corrected chi connectivity index (χ4v) is 1.98. The second-order valence-electron chi connectivity index (χ2n) is 4.01. The van der Waals surface area contributed by atoms with E-state index in [0.29, 0.717) is 12.8 Å². The Bertz CT molecular complexity index is 278. The molecule has 1 aliphatic carbocycles. The van der Waals surface area contributed by atoms with Crippen molar-refractivity contribution in [2.75, 3.05) is 6.54 Å². The number of carbonyl (C=O) groups excluding carboxylic acids is 1. The molecule has 0 saturated heterocycles. The molecule has 4 heteroatoms. The third-order valence-electron chi connectivity index (χ3n) is 2.93. The van der Waals surface area contributed by atoms with E-state index < -0.39 is 11.4 Å². The molecule has 0 aromatic rings. The molecule has 0 heterocycles. The van der Waals surface area contributed by atoms with Crippen LogP contribution in [-0.4, -0.2) is 23.5 Å². The summed E-state index contributed by atoms with van der Waals surface area (Å²) in [6.45, 7) is 1.99. The molecule has 0 radical (unpaired) electrons. The van der Waals surface area contributed by atoms with E-state index in [1.807, 2.05) is 0 Å². The Morgan fingerprint density at radius 3 is 2.47 bits per heavy atom. The van der Waals surface area contributed by atoms with Crippen molar-refractivity contribution in [1.29, 1.82) is 0 Å². The minimum absolute atomic E-state index is 0.218. The molecule has 4 nitrogen and oxygen atoms in total. The molecule has 1 aliphatic rings. The summed E-state index contributed by atoms with van der Waals surface area (Å²) in [6.07, 6.45) is 6.25. The van der Waals surface area contributed by atoms with Crippen molar-refractivity contribution in [3.05, 3.63) is 12.2 Å². The van der Waals surface area contributed by atoms with Crippen molar-refractivity contribution >= 4 is 11.9 Å². The van der Waals surface area contributed by atoms with E-state index in [-0.39, 0.29) is 12.5 Å². The maximum Gasteiger partial charge on any atom is 0.311 e. The Morgan fingerprint density at radius 2 is 2.00 bits per heavy atom. The molecule has 0 atom stereocenters. The van der Waals surface area contributed by atoms with Gasteiger partial charge in [0, 0.05) is 6.54 Å². The van der Waals surface area contributed by atoms with Gasteiger partial charge in [0.2, 0.25) is 5.91 Å². The van der Waals surface area contributed by atoms with Crippen molar-refractivity contribution in [3.63, 3.8) is 0 Å². The first kappa shape index (κ1) is 11.8. The Kier molecular flexibility index (Phi) is 3.88. The van der Waals surface area contributed by atoms with E-state index in [9.17, 15) is 9.59 Å². The quantitative estimate of drug-likeness (QED) is 0.689. The van der Waals surface area contributed by atoms with Crippen LogP contribution in [0.2, 0.25) is 0 Å². The van der Waals surface area contributed by atoms with Crippen LogP contribution in [0.4, 0.5) is 0 Å². The molecule has 0 aromatic carbocycles. The zero-order valence-electron chi connectivity index (χ0n) is 8.95. The first-order valence-corrected chi connectivity index (χ1v) is 5.25. The van der Waals surface area contributed by atoms with Crippen LogP contribution in [0.15, 0.2) is 12.2 Å². The number of amides is 1. The predicted octanol–water partition coefficient (Wildman–Crippen LogP) is 1.32. The first-order chi connectivity index (χ1) is 7.10. The molecule has 1 rings (SSSR count). The summed E-state index contributed by atoms with van der Waals surface area (Å²) in [5, 5.41) is 11.8. The van der Waals surface area contributed by atoms with Gasteiger partial charge in [-0.1, -0.05) is 18.9 Å². The molecule has 0 bridgehead atoms. The normalized spacial score (nSPS) is 19.3. The van der Waals surface area contributed by atoms with Crippen LogP contribution in [0.25, 0.3) is 0 Å². The van der Waals surface area contributed by atoms with E-state index in [0.717, 1.165) is 12.8 Å². The number of allylic oxidation sites excluding steroid dienone is 1. The molecule has 84 valence electrons. The highest BCUT2D eigenvalue weighted by molar-refractivity contribution is 5.88. The van der Waals surface area contributed by atoms with Gasteiger partial charge < -0.3 is 10.4 Å². The summed E-state index contributed by atoms with van der Waals surface area (Å²) in [5.41, 5.74) is -0.725. The smallest absolute Gasteiger partial charge is 0.311 e. The van der Waals surface area contributed by atoms with E-state index in [1.165, 1.54) is 6.08 Å². The summed E-state index contributed by atoms with van der Waals surface area (Å²) < 4.78 is 0. The van der Waals surface area contributed by atoms with Crippen LogP contribution in [-0.2, 0) is 9.59 Å². The minimum atomic E-state index is -0.791. The Labute approximate surface area is 89.4 Å². The number of nitrogens with one attached hydrogen (secondary N) is 1. The van der Waals surface area contributed by atoms with Crippen molar-refractivity contribution in [2.24, 2.45) is 5.41 Å². The number of hydrogen-bond acceptors (Lipinski definition) is 2. The molecular weight excluding hydrogens is 194 g/mol.